The number of benzene rings is 2. The summed E-state index contributed by atoms with van der Waals surface area (Å²) in [6.45, 7) is 0. The zero-order valence-electron chi connectivity index (χ0n) is 16.9. The predicted molar refractivity (Wildman–Crippen MR) is 111 cm³/mol. The van der Waals surface area contributed by atoms with Crippen LogP contribution >= 0.6 is 0 Å². The Bertz CT molecular complexity index is 1180. The molecule has 1 fully saturated rings. The Balaban J connectivity index is 1.65. The summed E-state index contributed by atoms with van der Waals surface area (Å²) in [4.78, 5) is 62.6. The van der Waals surface area contributed by atoms with Crippen molar-refractivity contribution in [1.29, 1.82) is 0 Å². The van der Waals surface area contributed by atoms with Crippen molar-refractivity contribution in [1.82, 2.24) is 4.90 Å². The number of ketones is 1. The Labute approximate surface area is 182 Å². The lowest BCUT2D eigenvalue weighted by Gasteiger charge is -2.31. The van der Waals surface area contributed by atoms with Crippen LogP contribution in [0, 0.1) is 0 Å². The third-order valence-electron chi connectivity index (χ3n) is 6.03. The third kappa shape index (κ3) is 3.56. The van der Waals surface area contributed by atoms with Gasteiger partial charge in [-0.05, 0) is 49.9 Å². The molecule has 2 aliphatic rings. The number of amides is 2. The highest BCUT2D eigenvalue weighted by Crippen LogP contribution is 2.31. The first kappa shape index (κ1) is 21.4. The average molecular weight is 436 g/mol. The van der Waals surface area contributed by atoms with E-state index in [9.17, 15) is 29.1 Å². The minimum absolute atomic E-state index is 0.0396. The fourth-order valence-electron chi connectivity index (χ4n) is 4.31. The van der Waals surface area contributed by atoms with Gasteiger partial charge in [-0.15, -0.1) is 0 Å². The Morgan fingerprint density at radius 3 is 1.97 bits per heavy atom. The summed E-state index contributed by atoms with van der Waals surface area (Å²) < 4.78 is 0. The fraction of sp³-hybridized carbons (Fsp3) is 0.261. The summed E-state index contributed by atoms with van der Waals surface area (Å²) in [6.07, 6.45) is 2.71. The molecule has 0 aromatic heterocycles. The molecule has 0 unspecified atom stereocenters. The van der Waals surface area contributed by atoms with Gasteiger partial charge in [0.05, 0.1) is 22.3 Å². The molecule has 0 saturated heterocycles. The van der Waals surface area contributed by atoms with E-state index in [4.69, 9.17) is 10.8 Å². The molecule has 4 rings (SSSR count). The molecular formula is C23H20N2O7. The van der Waals surface area contributed by atoms with Crippen LogP contribution in [0.1, 0.15) is 83.0 Å². The Morgan fingerprint density at radius 1 is 0.781 bits per heavy atom. The maximum absolute atomic E-state index is 13.0. The summed E-state index contributed by atoms with van der Waals surface area (Å²) in [6, 6.07) is 7.24. The van der Waals surface area contributed by atoms with Crippen LogP contribution in [-0.4, -0.2) is 56.7 Å². The molecule has 0 radical (unpaired) electrons. The molecule has 0 atom stereocenters. The monoisotopic (exact) mass is 436 g/mol. The van der Waals surface area contributed by atoms with Crippen LogP contribution in [0.3, 0.4) is 0 Å². The molecule has 1 heterocycles. The summed E-state index contributed by atoms with van der Waals surface area (Å²) in [5.74, 6) is -4.35. The Kier molecular flexibility index (Phi) is 5.35. The highest BCUT2D eigenvalue weighted by atomic mass is 16.4. The lowest BCUT2D eigenvalue weighted by atomic mass is 9.91. The van der Waals surface area contributed by atoms with Crippen LogP contribution in [-0.2, 0) is 0 Å². The number of aromatic carboxylic acids is 2. The molecule has 32 heavy (non-hydrogen) atoms. The second-order valence-electron chi connectivity index (χ2n) is 8.01. The Hall–Kier alpha value is -3.85. The molecule has 1 saturated carbocycles. The van der Waals surface area contributed by atoms with E-state index in [0.717, 1.165) is 25.0 Å². The molecule has 9 nitrogen and oxygen atoms in total. The maximum Gasteiger partial charge on any atom is 0.336 e. The summed E-state index contributed by atoms with van der Waals surface area (Å²) >= 11 is 0. The minimum atomic E-state index is -1.48. The van der Waals surface area contributed by atoms with Crippen LogP contribution in [0.2, 0.25) is 0 Å². The number of nitrogens with two attached hydrogens (primary N) is 1. The van der Waals surface area contributed by atoms with Crippen LogP contribution in [0.25, 0.3) is 0 Å². The fourth-order valence-corrected chi connectivity index (χ4v) is 4.31. The van der Waals surface area contributed by atoms with E-state index in [0.29, 0.717) is 12.8 Å². The standard InChI is InChI=1S/C23H20N2O7/c24-13-3-5-14(6-4-13)25-20(27)15-7-1-11(9-17(15)21(25)28)19(26)12-2-8-16(22(29)30)18(10-12)23(31)32/h1-2,7-10,13-14H,3-6,24H2,(H,29,30)(H,31,32). The second-order valence-corrected chi connectivity index (χ2v) is 8.01. The van der Waals surface area contributed by atoms with Gasteiger partial charge in [0.1, 0.15) is 0 Å². The van der Waals surface area contributed by atoms with Gasteiger partial charge in [0, 0.05) is 23.2 Å². The van der Waals surface area contributed by atoms with Gasteiger partial charge < -0.3 is 15.9 Å². The van der Waals surface area contributed by atoms with Gasteiger partial charge in [-0.3, -0.25) is 19.3 Å². The lowest BCUT2D eigenvalue weighted by Crippen LogP contribution is -2.43. The number of carbonyl (C=O) groups excluding carboxylic acids is 3. The zero-order valence-corrected chi connectivity index (χ0v) is 16.9. The molecule has 1 aliphatic heterocycles. The molecule has 0 bridgehead atoms. The number of carbonyl (C=O) groups is 5. The van der Waals surface area contributed by atoms with Gasteiger partial charge in [-0.1, -0.05) is 12.1 Å². The van der Waals surface area contributed by atoms with Crippen molar-refractivity contribution in [2.24, 2.45) is 5.73 Å². The number of hydrogen-bond donors (Lipinski definition) is 3. The number of carboxylic acid groups (broad SMARTS) is 2. The van der Waals surface area contributed by atoms with E-state index in [-0.39, 0.29) is 34.3 Å². The van der Waals surface area contributed by atoms with Crippen molar-refractivity contribution in [3.05, 3.63) is 69.8 Å². The summed E-state index contributed by atoms with van der Waals surface area (Å²) in [5.41, 5.74) is 5.36. The van der Waals surface area contributed by atoms with Crippen molar-refractivity contribution < 1.29 is 34.2 Å². The van der Waals surface area contributed by atoms with Crippen LogP contribution in [0.4, 0.5) is 0 Å². The zero-order chi connectivity index (χ0) is 23.2. The van der Waals surface area contributed by atoms with Crippen molar-refractivity contribution in [2.45, 2.75) is 37.8 Å². The first-order valence-electron chi connectivity index (χ1n) is 10.1. The van der Waals surface area contributed by atoms with Gasteiger partial charge in [-0.2, -0.15) is 0 Å². The number of carboxylic acids is 2. The van der Waals surface area contributed by atoms with E-state index in [1.54, 1.807) is 0 Å². The van der Waals surface area contributed by atoms with E-state index in [1.807, 2.05) is 0 Å². The largest absolute Gasteiger partial charge is 0.478 e. The van der Waals surface area contributed by atoms with E-state index in [2.05, 4.69) is 0 Å². The van der Waals surface area contributed by atoms with Crippen LogP contribution < -0.4 is 5.73 Å². The third-order valence-corrected chi connectivity index (χ3v) is 6.03. The maximum atomic E-state index is 13.0. The Morgan fingerprint density at radius 2 is 1.34 bits per heavy atom. The molecule has 9 heteroatoms. The average Bonchev–Trinajstić information content (AvgIpc) is 3.03. The van der Waals surface area contributed by atoms with Gasteiger partial charge >= 0.3 is 11.9 Å². The van der Waals surface area contributed by atoms with E-state index >= 15 is 0 Å². The number of hydrogen-bond acceptors (Lipinski definition) is 6. The highest BCUT2D eigenvalue weighted by Gasteiger charge is 2.41. The lowest BCUT2D eigenvalue weighted by molar-refractivity contribution is 0.0541. The van der Waals surface area contributed by atoms with Crippen molar-refractivity contribution in [2.75, 3.05) is 0 Å². The smallest absolute Gasteiger partial charge is 0.336 e. The first-order valence-corrected chi connectivity index (χ1v) is 10.1. The summed E-state index contributed by atoms with van der Waals surface area (Å²) in [7, 11) is 0. The number of rotatable bonds is 5. The molecule has 164 valence electrons. The normalized spacial score (nSPS) is 20.2. The highest BCUT2D eigenvalue weighted by molar-refractivity contribution is 6.23. The number of nitrogens with zero attached hydrogens (tertiary/aromatic N) is 1. The minimum Gasteiger partial charge on any atom is -0.478 e. The molecule has 2 aromatic carbocycles. The van der Waals surface area contributed by atoms with Crippen LogP contribution in [0.5, 0.6) is 0 Å². The van der Waals surface area contributed by atoms with E-state index < -0.39 is 40.7 Å². The van der Waals surface area contributed by atoms with Crippen molar-refractivity contribution in [3.63, 3.8) is 0 Å². The van der Waals surface area contributed by atoms with Gasteiger partial charge in [-0.25, -0.2) is 9.59 Å². The molecule has 2 aromatic rings. The van der Waals surface area contributed by atoms with Crippen LogP contribution in [0.15, 0.2) is 36.4 Å². The molecule has 2 amide bonds. The molecule has 1 aliphatic carbocycles. The second kappa shape index (κ2) is 8.01. The van der Waals surface area contributed by atoms with E-state index in [1.165, 1.54) is 29.2 Å². The molecular weight excluding hydrogens is 416 g/mol. The summed E-state index contributed by atoms with van der Waals surface area (Å²) in [5, 5.41) is 18.4. The number of imide groups is 1. The molecule has 4 N–H and O–H groups in total. The quantitative estimate of drug-likeness (QED) is 0.476. The van der Waals surface area contributed by atoms with Gasteiger partial charge in [0.15, 0.2) is 5.78 Å². The predicted octanol–water partition coefficient (Wildman–Crippen LogP) is 2.18. The van der Waals surface area contributed by atoms with Crippen molar-refractivity contribution >= 4 is 29.5 Å². The van der Waals surface area contributed by atoms with Gasteiger partial charge in [0.2, 0.25) is 0 Å². The first-order chi connectivity index (χ1) is 15.2. The van der Waals surface area contributed by atoms with Crippen molar-refractivity contribution in [3.8, 4) is 0 Å². The number of fused-ring (bicyclic) bond motifs is 1. The SMILES string of the molecule is NC1CCC(N2C(=O)c3ccc(C(=O)c4ccc(C(=O)O)c(C(=O)O)c4)cc3C2=O)CC1. The van der Waals surface area contributed by atoms with Gasteiger partial charge in [0.25, 0.3) is 11.8 Å². The molecule has 0 spiro atoms. The topological polar surface area (TPSA) is 155 Å².